The Hall–Kier alpha value is -1.84. The highest BCUT2D eigenvalue weighted by atomic mass is 16.3. The molecule has 3 heteroatoms. The van der Waals surface area contributed by atoms with Crippen molar-refractivity contribution in [3.8, 4) is 0 Å². The maximum atomic E-state index is 11.0. The molecular weight excluding hydrogens is 320 g/mol. The molecule has 0 bridgehead atoms. The number of nitrogens with zero attached hydrogens (tertiary/aromatic N) is 2. The number of rotatable bonds is 4. The van der Waals surface area contributed by atoms with Gasteiger partial charge in [-0.15, -0.1) is 0 Å². The van der Waals surface area contributed by atoms with Crippen LogP contribution in [-0.2, 0) is 5.60 Å². The van der Waals surface area contributed by atoms with Gasteiger partial charge in [0.25, 0.3) is 0 Å². The highest BCUT2D eigenvalue weighted by Crippen LogP contribution is 2.35. The SMILES string of the molecule is CCN1CCC(c2ccc(N3CCC(O)(c4ccccc4)CC3)cc2)C1. The molecule has 0 aliphatic carbocycles. The highest BCUT2D eigenvalue weighted by Gasteiger charge is 2.34. The molecule has 1 atom stereocenters. The average molecular weight is 351 g/mol. The highest BCUT2D eigenvalue weighted by molar-refractivity contribution is 5.49. The molecule has 2 aromatic rings. The third-order valence-electron chi connectivity index (χ3n) is 6.35. The van der Waals surface area contributed by atoms with Crippen molar-refractivity contribution in [2.45, 2.75) is 37.7 Å². The number of likely N-dealkylation sites (N-methyl/N-ethyl adjacent to an activating group) is 1. The van der Waals surface area contributed by atoms with Crippen LogP contribution in [0.3, 0.4) is 0 Å². The fourth-order valence-electron chi connectivity index (χ4n) is 4.52. The van der Waals surface area contributed by atoms with Gasteiger partial charge in [0.05, 0.1) is 5.60 Å². The molecule has 2 fully saturated rings. The van der Waals surface area contributed by atoms with Gasteiger partial charge in [0.15, 0.2) is 0 Å². The minimum absolute atomic E-state index is 0.675. The second kappa shape index (κ2) is 7.42. The van der Waals surface area contributed by atoms with Crippen molar-refractivity contribution in [2.24, 2.45) is 0 Å². The lowest BCUT2D eigenvalue weighted by Gasteiger charge is -2.39. The van der Waals surface area contributed by atoms with Gasteiger partial charge in [-0.25, -0.2) is 0 Å². The zero-order valence-electron chi connectivity index (χ0n) is 15.8. The van der Waals surface area contributed by atoms with Gasteiger partial charge < -0.3 is 14.9 Å². The molecule has 138 valence electrons. The lowest BCUT2D eigenvalue weighted by atomic mass is 9.84. The van der Waals surface area contributed by atoms with Crippen molar-refractivity contribution in [3.05, 3.63) is 65.7 Å². The van der Waals surface area contributed by atoms with E-state index in [0.717, 1.165) is 38.0 Å². The van der Waals surface area contributed by atoms with Gasteiger partial charge >= 0.3 is 0 Å². The van der Waals surface area contributed by atoms with Crippen LogP contribution in [0.5, 0.6) is 0 Å². The van der Waals surface area contributed by atoms with Crippen LogP contribution in [0.25, 0.3) is 0 Å². The summed E-state index contributed by atoms with van der Waals surface area (Å²) in [5.41, 5.74) is 3.14. The van der Waals surface area contributed by atoms with E-state index >= 15 is 0 Å². The van der Waals surface area contributed by atoms with Crippen LogP contribution in [-0.4, -0.2) is 42.7 Å². The summed E-state index contributed by atoms with van der Waals surface area (Å²) in [7, 11) is 0. The summed E-state index contributed by atoms with van der Waals surface area (Å²) in [4.78, 5) is 4.95. The quantitative estimate of drug-likeness (QED) is 0.903. The monoisotopic (exact) mass is 350 g/mol. The molecule has 0 aromatic heterocycles. The minimum atomic E-state index is -0.675. The Labute approximate surface area is 157 Å². The minimum Gasteiger partial charge on any atom is -0.385 e. The van der Waals surface area contributed by atoms with Gasteiger partial charge in [-0.05, 0) is 61.5 Å². The molecule has 2 aliphatic heterocycles. The fourth-order valence-corrected chi connectivity index (χ4v) is 4.52. The van der Waals surface area contributed by atoms with E-state index in [2.05, 4.69) is 41.0 Å². The van der Waals surface area contributed by atoms with Crippen LogP contribution in [0.4, 0.5) is 5.69 Å². The summed E-state index contributed by atoms with van der Waals surface area (Å²) in [6.45, 7) is 7.64. The van der Waals surface area contributed by atoms with E-state index in [1.807, 2.05) is 30.3 Å². The summed E-state index contributed by atoms with van der Waals surface area (Å²) < 4.78 is 0. The van der Waals surface area contributed by atoms with Crippen LogP contribution in [0.1, 0.15) is 43.2 Å². The van der Waals surface area contributed by atoms with Crippen molar-refractivity contribution in [1.29, 1.82) is 0 Å². The number of benzene rings is 2. The summed E-state index contributed by atoms with van der Waals surface area (Å²) in [5.74, 6) is 0.688. The van der Waals surface area contributed by atoms with E-state index in [4.69, 9.17) is 0 Å². The number of piperidine rings is 1. The van der Waals surface area contributed by atoms with Gasteiger partial charge in [-0.2, -0.15) is 0 Å². The third-order valence-corrected chi connectivity index (χ3v) is 6.35. The Morgan fingerprint density at radius 2 is 1.65 bits per heavy atom. The van der Waals surface area contributed by atoms with Crippen LogP contribution in [0.15, 0.2) is 54.6 Å². The molecule has 1 N–H and O–H groups in total. The van der Waals surface area contributed by atoms with Gasteiger partial charge in [0.1, 0.15) is 0 Å². The molecule has 3 nitrogen and oxygen atoms in total. The Morgan fingerprint density at radius 3 is 2.27 bits per heavy atom. The molecule has 0 radical (unpaired) electrons. The smallest absolute Gasteiger partial charge is 0.0930 e. The number of aliphatic hydroxyl groups is 1. The van der Waals surface area contributed by atoms with Crippen molar-refractivity contribution in [2.75, 3.05) is 37.6 Å². The first-order valence-electron chi connectivity index (χ1n) is 10.0. The Balaban J connectivity index is 1.39. The molecule has 2 aliphatic rings. The van der Waals surface area contributed by atoms with E-state index in [9.17, 15) is 5.11 Å². The number of hydrogen-bond donors (Lipinski definition) is 1. The molecule has 0 saturated carbocycles. The Kier molecular flexibility index (Phi) is 5.01. The largest absolute Gasteiger partial charge is 0.385 e. The maximum Gasteiger partial charge on any atom is 0.0930 e. The molecule has 1 unspecified atom stereocenters. The summed E-state index contributed by atoms with van der Waals surface area (Å²) in [5, 5.41) is 11.0. The van der Waals surface area contributed by atoms with Crippen LogP contribution in [0.2, 0.25) is 0 Å². The normalized spacial score (nSPS) is 23.3. The first-order chi connectivity index (χ1) is 12.7. The fraction of sp³-hybridized carbons (Fsp3) is 0.478. The second-order valence-corrected chi connectivity index (χ2v) is 7.86. The summed E-state index contributed by atoms with van der Waals surface area (Å²) >= 11 is 0. The molecule has 4 rings (SSSR count). The lowest BCUT2D eigenvalue weighted by molar-refractivity contribution is 0.0118. The van der Waals surface area contributed by atoms with E-state index in [1.54, 1.807) is 0 Å². The summed E-state index contributed by atoms with van der Waals surface area (Å²) in [6.07, 6.45) is 2.85. The first kappa shape index (κ1) is 17.6. The number of hydrogen-bond acceptors (Lipinski definition) is 3. The Morgan fingerprint density at radius 1 is 0.962 bits per heavy atom. The molecule has 2 aromatic carbocycles. The van der Waals surface area contributed by atoms with Crippen molar-refractivity contribution >= 4 is 5.69 Å². The van der Waals surface area contributed by atoms with Crippen LogP contribution < -0.4 is 4.90 Å². The molecular formula is C23H30N2O. The van der Waals surface area contributed by atoms with Crippen LogP contribution in [0, 0.1) is 0 Å². The van der Waals surface area contributed by atoms with Crippen molar-refractivity contribution in [3.63, 3.8) is 0 Å². The predicted octanol–water partition coefficient (Wildman–Crippen LogP) is 3.98. The van der Waals surface area contributed by atoms with Gasteiger partial charge in [0.2, 0.25) is 0 Å². The van der Waals surface area contributed by atoms with E-state index < -0.39 is 5.60 Å². The maximum absolute atomic E-state index is 11.0. The topological polar surface area (TPSA) is 26.7 Å². The molecule has 2 saturated heterocycles. The first-order valence-corrected chi connectivity index (χ1v) is 10.0. The zero-order chi connectivity index (χ0) is 18.0. The number of anilines is 1. The predicted molar refractivity (Wildman–Crippen MR) is 108 cm³/mol. The third kappa shape index (κ3) is 3.51. The second-order valence-electron chi connectivity index (χ2n) is 7.86. The number of likely N-dealkylation sites (tertiary alicyclic amines) is 1. The Bertz CT molecular complexity index is 705. The average Bonchev–Trinajstić information content (AvgIpc) is 3.19. The zero-order valence-corrected chi connectivity index (χ0v) is 15.8. The standard InChI is InChI=1S/C23H30N2O/c1-2-24-15-12-20(18-24)19-8-10-22(11-9-19)25-16-13-23(26,14-17-25)21-6-4-3-5-7-21/h3-11,20,26H,2,12-18H2,1H3. The summed E-state index contributed by atoms with van der Waals surface area (Å²) in [6, 6.07) is 19.3. The van der Waals surface area contributed by atoms with Crippen LogP contribution >= 0.6 is 0 Å². The molecule has 0 amide bonds. The van der Waals surface area contributed by atoms with Gasteiger partial charge in [-0.3, -0.25) is 0 Å². The lowest BCUT2D eigenvalue weighted by Crippen LogP contribution is -2.42. The van der Waals surface area contributed by atoms with Gasteiger partial charge in [0, 0.05) is 25.3 Å². The molecule has 26 heavy (non-hydrogen) atoms. The van der Waals surface area contributed by atoms with Gasteiger partial charge in [-0.1, -0.05) is 49.4 Å². The van der Waals surface area contributed by atoms with E-state index in [0.29, 0.717) is 5.92 Å². The van der Waals surface area contributed by atoms with Crippen molar-refractivity contribution < 1.29 is 5.11 Å². The van der Waals surface area contributed by atoms with E-state index in [-0.39, 0.29) is 0 Å². The van der Waals surface area contributed by atoms with Crippen molar-refractivity contribution in [1.82, 2.24) is 4.90 Å². The van der Waals surface area contributed by atoms with E-state index in [1.165, 1.54) is 30.8 Å². The molecule has 2 heterocycles. The molecule has 0 spiro atoms.